The average molecular weight is 287 g/mol. The maximum atomic E-state index is 12.0. The van der Waals surface area contributed by atoms with Gasteiger partial charge in [0.05, 0.1) is 6.61 Å². The molecule has 0 saturated carbocycles. The van der Waals surface area contributed by atoms with Gasteiger partial charge in [-0.2, -0.15) is 0 Å². The van der Waals surface area contributed by atoms with Crippen LogP contribution in [-0.2, 0) is 30.4 Å². The second-order valence-corrected chi connectivity index (χ2v) is 4.47. The third-order valence-corrected chi connectivity index (χ3v) is 3.00. The molecule has 0 amide bonds. The molecule has 0 spiro atoms. The molecular formula is C14H23F2N3O. The second-order valence-electron chi connectivity index (χ2n) is 4.47. The minimum Gasteiger partial charge on any atom is -0.375 e. The van der Waals surface area contributed by atoms with Crippen LogP contribution in [0.1, 0.15) is 36.6 Å². The standard InChI is InChI=1S/C14H23F2N3O/c1-3-11-10(5-7-17)12(4-2)19-14(18-11)6-8-20-9-13(15)16/h13H,3-9,17H2,1-2H3. The molecule has 1 rings (SSSR count). The zero-order chi connectivity index (χ0) is 15.0. The number of halogens is 2. The second kappa shape index (κ2) is 8.92. The molecule has 1 aromatic heterocycles. The number of aryl methyl sites for hydroxylation is 2. The molecule has 0 bridgehead atoms. The summed E-state index contributed by atoms with van der Waals surface area (Å²) in [6.07, 6.45) is 0.426. The summed E-state index contributed by atoms with van der Waals surface area (Å²) in [5, 5.41) is 0. The highest BCUT2D eigenvalue weighted by molar-refractivity contribution is 5.27. The lowest BCUT2D eigenvalue weighted by atomic mass is 10.0. The van der Waals surface area contributed by atoms with Crippen LogP contribution in [0.2, 0.25) is 0 Å². The molecule has 0 radical (unpaired) electrons. The first-order valence-electron chi connectivity index (χ1n) is 7.05. The van der Waals surface area contributed by atoms with Gasteiger partial charge in [0.1, 0.15) is 12.4 Å². The first-order chi connectivity index (χ1) is 9.62. The molecule has 0 aliphatic rings. The Labute approximate surface area is 118 Å². The first-order valence-corrected chi connectivity index (χ1v) is 7.05. The number of alkyl halides is 2. The van der Waals surface area contributed by atoms with Gasteiger partial charge in [0.15, 0.2) is 0 Å². The van der Waals surface area contributed by atoms with E-state index in [1.807, 2.05) is 13.8 Å². The van der Waals surface area contributed by atoms with E-state index in [0.717, 1.165) is 36.2 Å². The lowest BCUT2D eigenvalue weighted by Crippen LogP contribution is -2.15. The van der Waals surface area contributed by atoms with Crippen molar-refractivity contribution in [1.82, 2.24) is 9.97 Å². The van der Waals surface area contributed by atoms with Crippen LogP contribution in [0.5, 0.6) is 0 Å². The van der Waals surface area contributed by atoms with Crippen molar-refractivity contribution in [3.63, 3.8) is 0 Å². The van der Waals surface area contributed by atoms with Gasteiger partial charge >= 0.3 is 0 Å². The Kier molecular flexibility index (Phi) is 7.54. The number of aromatic nitrogens is 2. The first kappa shape index (κ1) is 16.9. The fourth-order valence-corrected chi connectivity index (χ4v) is 2.10. The zero-order valence-corrected chi connectivity index (χ0v) is 12.2. The number of ether oxygens (including phenoxy) is 1. The fraction of sp³-hybridized carbons (Fsp3) is 0.714. The van der Waals surface area contributed by atoms with Gasteiger partial charge in [0, 0.05) is 17.8 Å². The Morgan fingerprint density at radius 2 is 1.70 bits per heavy atom. The Balaban J connectivity index is 2.77. The van der Waals surface area contributed by atoms with Crippen LogP contribution in [-0.4, -0.2) is 36.2 Å². The van der Waals surface area contributed by atoms with Crippen LogP contribution in [0.15, 0.2) is 0 Å². The number of nitrogens with two attached hydrogens (primary N) is 1. The minimum absolute atomic E-state index is 0.215. The van der Waals surface area contributed by atoms with Gasteiger partial charge < -0.3 is 10.5 Å². The van der Waals surface area contributed by atoms with Crippen molar-refractivity contribution in [2.45, 2.75) is 46.0 Å². The summed E-state index contributed by atoms with van der Waals surface area (Å²) >= 11 is 0. The third-order valence-electron chi connectivity index (χ3n) is 3.00. The van der Waals surface area contributed by atoms with E-state index in [4.69, 9.17) is 10.5 Å². The Hall–Kier alpha value is -1.14. The highest BCUT2D eigenvalue weighted by atomic mass is 19.3. The van der Waals surface area contributed by atoms with Crippen LogP contribution in [0, 0.1) is 0 Å². The molecule has 0 fully saturated rings. The van der Waals surface area contributed by atoms with Crippen LogP contribution in [0.3, 0.4) is 0 Å². The summed E-state index contributed by atoms with van der Waals surface area (Å²) in [7, 11) is 0. The van der Waals surface area contributed by atoms with E-state index in [1.54, 1.807) is 0 Å². The number of hydrogen-bond acceptors (Lipinski definition) is 4. The van der Waals surface area contributed by atoms with Gasteiger partial charge in [-0.25, -0.2) is 18.7 Å². The van der Waals surface area contributed by atoms with Crippen molar-refractivity contribution in [2.75, 3.05) is 19.8 Å². The fourth-order valence-electron chi connectivity index (χ4n) is 2.10. The molecule has 0 aliphatic carbocycles. The van der Waals surface area contributed by atoms with Crippen molar-refractivity contribution in [3.05, 3.63) is 22.8 Å². The summed E-state index contributed by atoms with van der Waals surface area (Å²) in [6.45, 7) is 4.33. The molecular weight excluding hydrogens is 264 g/mol. The summed E-state index contributed by atoms with van der Waals surface area (Å²) < 4.78 is 28.8. The lowest BCUT2D eigenvalue weighted by Gasteiger charge is -2.13. The topological polar surface area (TPSA) is 61.0 Å². The minimum atomic E-state index is -2.43. The van der Waals surface area contributed by atoms with Crippen molar-refractivity contribution < 1.29 is 13.5 Å². The largest absolute Gasteiger partial charge is 0.375 e. The summed E-state index contributed by atoms with van der Waals surface area (Å²) in [5.41, 5.74) is 8.77. The van der Waals surface area contributed by atoms with Gasteiger partial charge in [-0.05, 0) is 31.4 Å². The molecule has 0 aromatic carbocycles. The van der Waals surface area contributed by atoms with Crippen molar-refractivity contribution in [1.29, 1.82) is 0 Å². The lowest BCUT2D eigenvalue weighted by molar-refractivity contribution is 0.0182. The third kappa shape index (κ3) is 5.09. The Bertz CT molecular complexity index is 388. The summed E-state index contributed by atoms with van der Waals surface area (Å²) in [6, 6.07) is 0. The number of nitrogens with zero attached hydrogens (tertiary/aromatic N) is 2. The average Bonchev–Trinajstić information content (AvgIpc) is 2.44. The molecule has 0 atom stereocenters. The van der Waals surface area contributed by atoms with Crippen molar-refractivity contribution in [3.8, 4) is 0 Å². The van der Waals surface area contributed by atoms with E-state index in [2.05, 4.69) is 9.97 Å². The highest BCUT2D eigenvalue weighted by Crippen LogP contribution is 2.14. The van der Waals surface area contributed by atoms with Gasteiger partial charge in [-0.3, -0.25) is 0 Å². The molecule has 0 saturated heterocycles. The van der Waals surface area contributed by atoms with Gasteiger partial charge in [0.2, 0.25) is 0 Å². The summed E-state index contributed by atoms with van der Waals surface area (Å²) in [5.74, 6) is 0.661. The molecule has 4 nitrogen and oxygen atoms in total. The van der Waals surface area contributed by atoms with Crippen LogP contribution in [0.4, 0.5) is 8.78 Å². The maximum Gasteiger partial charge on any atom is 0.261 e. The molecule has 2 N–H and O–H groups in total. The smallest absolute Gasteiger partial charge is 0.261 e. The molecule has 1 heterocycles. The normalized spacial score (nSPS) is 11.3. The Morgan fingerprint density at radius 3 is 2.15 bits per heavy atom. The van der Waals surface area contributed by atoms with Gasteiger partial charge in [0.25, 0.3) is 6.43 Å². The van der Waals surface area contributed by atoms with E-state index in [9.17, 15) is 8.78 Å². The molecule has 114 valence electrons. The quantitative estimate of drug-likeness (QED) is 0.705. The van der Waals surface area contributed by atoms with Gasteiger partial charge in [-0.15, -0.1) is 0 Å². The molecule has 0 aliphatic heterocycles. The zero-order valence-electron chi connectivity index (χ0n) is 12.2. The molecule has 1 aromatic rings. The van der Waals surface area contributed by atoms with Crippen LogP contribution < -0.4 is 5.73 Å². The van der Waals surface area contributed by atoms with E-state index < -0.39 is 13.0 Å². The predicted molar refractivity (Wildman–Crippen MR) is 74.1 cm³/mol. The molecule has 6 heteroatoms. The maximum absolute atomic E-state index is 12.0. The molecule has 20 heavy (non-hydrogen) atoms. The van der Waals surface area contributed by atoms with E-state index in [0.29, 0.717) is 18.8 Å². The van der Waals surface area contributed by atoms with E-state index >= 15 is 0 Å². The number of hydrogen-bond donors (Lipinski definition) is 1. The van der Waals surface area contributed by atoms with Crippen molar-refractivity contribution >= 4 is 0 Å². The summed E-state index contributed by atoms with van der Waals surface area (Å²) in [4.78, 5) is 9.00. The SMILES string of the molecule is CCc1nc(CCOCC(F)F)nc(CC)c1CCN. The van der Waals surface area contributed by atoms with Crippen LogP contribution in [0.25, 0.3) is 0 Å². The predicted octanol–water partition coefficient (Wildman–Crippen LogP) is 1.93. The van der Waals surface area contributed by atoms with E-state index in [-0.39, 0.29) is 6.61 Å². The highest BCUT2D eigenvalue weighted by Gasteiger charge is 2.12. The van der Waals surface area contributed by atoms with Gasteiger partial charge in [-0.1, -0.05) is 13.8 Å². The monoisotopic (exact) mass is 287 g/mol. The van der Waals surface area contributed by atoms with Crippen LogP contribution >= 0.6 is 0 Å². The molecule has 0 unspecified atom stereocenters. The number of rotatable bonds is 9. The van der Waals surface area contributed by atoms with Crippen molar-refractivity contribution in [2.24, 2.45) is 5.73 Å². The Morgan fingerprint density at radius 1 is 1.10 bits per heavy atom. The van der Waals surface area contributed by atoms with E-state index in [1.165, 1.54) is 0 Å².